The van der Waals surface area contributed by atoms with Gasteiger partial charge in [0.2, 0.25) is 0 Å². The lowest BCUT2D eigenvalue weighted by molar-refractivity contribution is 1.19. The molecule has 0 atom stereocenters. The monoisotopic (exact) mass is 885 g/mol. The Hall–Kier alpha value is -8.72. The smallest absolute Gasteiger partial charge is 0.0651 e. The zero-order valence-electron chi connectivity index (χ0n) is 76.9. The van der Waals surface area contributed by atoms with Crippen LogP contribution in [0.4, 0.5) is 17.1 Å². The normalized spacial score (nSPS) is 20.7. The van der Waals surface area contributed by atoms with Crippen molar-refractivity contribution in [2.24, 2.45) is 0 Å². The van der Waals surface area contributed by atoms with Gasteiger partial charge in [-0.2, -0.15) is 0 Å². The molecule has 0 saturated carbocycles. The summed E-state index contributed by atoms with van der Waals surface area (Å²) in [5, 5.41) is -2.87. The lowest BCUT2D eigenvalue weighted by Gasteiger charge is -2.26. The van der Waals surface area contributed by atoms with E-state index in [1.165, 1.54) is 0 Å². The average Bonchev–Trinajstić information content (AvgIpc) is 1.47. The first-order chi connectivity index (χ1) is 51.1. The van der Waals surface area contributed by atoms with E-state index >= 15 is 0 Å². The van der Waals surface area contributed by atoms with E-state index in [0.29, 0.717) is 4.57 Å². The predicted molar refractivity (Wildman–Crippen MR) is 280 cm³/mol. The highest BCUT2D eigenvalue weighted by molar-refractivity contribution is 6.10. The fourth-order valence-corrected chi connectivity index (χ4v) is 6.62. The average molecular weight is 885 g/mol. The number of fused-ring (bicyclic) bond motifs is 4. The molecule has 0 bridgehead atoms. The summed E-state index contributed by atoms with van der Waals surface area (Å²) in [4.78, 5) is 0.133. The van der Waals surface area contributed by atoms with E-state index in [-0.39, 0.29) is 4.90 Å². The van der Waals surface area contributed by atoms with Gasteiger partial charge >= 0.3 is 0 Å². The third kappa shape index (κ3) is 7.31. The van der Waals surface area contributed by atoms with Crippen molar-refractivity contribution >= 4 is 49.6 Å². The molecule has 0 fully saturated rings. The van der Waals surface area contributed by atoms with Gasteiger partial charge in [-0.3, -0.25) is 0 Å². The van der Waals surface area contributed by atoms with Crippen molar-refractivity contribution < 1.29 is 60.3 Å². The fourth-order valence-electron chi connectivity index (χ4n) is 6.62. The Kier molecular flexibility index (Phi) is 3.66. The predicted octanol–water partition coefficient (Wildman–Crippen LogP) is 17.7. The third-order valence-corrected chi connectivity index (χ3v) is 9.62. The van der Waals surface area contributed by atoms with E-state index in [1.807, 2.05) is 0 Å². The Morgan fingerprint density at radius 1 is 0.258 bits per heavy atom. The van der Waals surface area contributed by atoms with Crippen LogP contribution in [0.1, 0.15) is 60.3 Å². The number of hydrogen-bond donors (Lipinski definition) is 0. The van der Waals surface area contributed by atoms with Gasteiger partial charge in [0.1, 0.15) is 0 Å². The molecule has 66 heavy (non-hydrogen) atoms. The molecule has 12 rings (SSSR count). The van der Waals surface area contributed by atoms with E-state index < -0.39 is 377 Å². The zero-order chi connectivity index (χ0) is 82.1. The lowest BCUT2D eigenvalue weighted by Crippen LogP contribution is -2.09. The molecular formula is C64H44N2. The van der Waals surface area contributed by atoms with Gasteiger partial charge in [-0.1, -0.05) is 193 Å². The summed E-state index contributed by atoms with van der Waals surface area (Å²) in [6.45, 7) is 0. The van der Waals surface area contributed by atoms with Crippen LogP contribution in [0, 0.1) is 0 Å². The highest BCUT2D eigenvalue weighted by Gasteiger charge is 2.17. The first-order valence-electron chi connectivity index (χ1n) is 41.1. The van der Waals surface area contributed by atoms with Crippen molar-refractivity contribution in [3.05, 3.63) is 266 Å². The van der Waals surface area contributed by atoms with E-state index in [0.717, 1.165) is 0 Å². The largest absolute Gasteiger partial charge is 0.311 e. The standard InChI is InChI=1S/C64H44N2/c1-3-12-45(13-4-1)48-22-24-49(25-23-48)50-26-34-57(35-27-50)65(58-36-28-51(29-37-58)54-19-11-18-53(42-54)46-14-5-2-6-15-46)59-38-30-52(31-39-59)56-33-41-64-62(44-56)61-20-9-10-21-63(61)66(64)60-40-32-47-16-7-8-17-55(47)43-60/h1-44H/i1D,2D,3D,4D,5D,6D,7D,8D,9D,10D,11D,12D,13D,14D,15D,16D,17D,18D,19D,20D,21D,22D,23D,24D,25D,26D,27D,28D,29D,30D,31D,32D,33D,34D,35D,36D,37D,38D,39D,40D,41D,42D,43D,44D. The van der Waals surface area contributed by atoms with Crippen molar-refractivity contribution in [2.75, 3.05) is 4.90 Å². The quantitative estimate of drug-likeness (QED) is 0.140. The minimum absolute atomic E-state index is 0.133. The summed E-state index contributed by atoms with van der Waals surface area (Å²) < 4.78 is 401. The van der Waals surface area contributed by atoms with Crippen molar-refractivity contribution in [3.8, 4) is 61.3 Å². The first-order valence-corrected chi connectivity index (χ1v) is 19.1. The molecule has 11 aromatic carbocycles. The lowest BCUT2D eigenvalue weighted by atomic mass is 9.98. The number of anilines is 3. The van der Waals surface area contributed by atoms with Crippen LogP contribution in [0.3, 0.4) is 0 Å². The molecule has 0 aliphatic carbocycles. The molecule has 0 aliphatic heterocycles. The molecule has 0 aliphatic rings. The molecular weight excluding hydrogens is 797 g/mol. The molecule has 0 saturated heterocycles. The third-order valence-electron chi connectivity index (χ3n) is 9.62. The van der Waals surface area contributed by atoms with Gasteiger partial charge in [-0.15, -0.1) is 0 Å². The molecule has 0 unspecified atom stereocenters. The number of benzene rings is 11. The van der Waals surface area contributed by atoms with Gasteiger partial charge in [-0.05, 0) is 139 Å². The van der Waals surface area contributed by atoms with E-state index in [2.05, 4.69) is 0 Å². The molecule has 2 nitrogen and oxygen atoms in total. The van der Waals surface area contributed by atoms with Crippen LogP contribution in [-0.2, 0) is 0 Å². The number of para-hydroxylation sites is 1. The first kappa shape index (κ1) is 14.4. The minimum atomic E-state index is -1.50. The molecule has 0 N–H and O–H groups in total. The van der Waals surface area contributed by atoms with Gasteiger partial charge in [0, 0.05) is 33.5 Å². The highest BCUT2D eigenvalue weighted by atomic mass is 15.1. The number of aromatic nitrogens is 1. The molecule has 12 aromatic rings. The Balaban J connectivity index is 1.20. The molecule has 0 radical (unpaired) electrons. The van der Waals surface area contributed by atoms with Crippen LogP contribution >= 0.6 is 0 Å². The second-order valence-electron chi connectivity index (χ2n) is 13.5. The second kappa shape index (κ2) is 16.8. The van der Waals surface area contributed by atoms with Crippen LogP contribution < -0.4 is 4.90 Å². The summed E-state index contributed by atoms with van der Waals surface area (Å²) in [7, 11) is 0. The van der Waals surface area contributed by atoms with Crippen molar-refractivity contribution in [1.29, 1.82) is 0 Å². The van der Waals surface area contributed by atoms with E-state index in [9.17, 15) is 30.2 Å². The summed E-state index contributed by atoms with van der Waals surface area (Å²) >= 11 is 0. The molecule has 1 aromatic heterocycles. The molecule has 2 heteroatoms. The maximum Gasteiger partial charge on any atom is 0.0651 e. The molecule has 310 valence electrons. The topological polar surface area (TPSA) is 8.17 Å². The number of hydrogen-bond acceptors (Lipinski definition) is 1. The van der Waals surface area contributed by atoms with Gasteiger partial charge in [0.25, 0.3) is 0 Å². The van der Waals surface area contributed by atoms with Crippen molar-refractivity contribution in [3.63, 3.8) is 0 Å². The Morgan fingerprint density at radius 3 is 1.23 bits per heavy atom. The van der Waals surface area contributed by atoms with Crippen molar-refractivity contribution in [1.82, 2.24) is 4.57 Å². The molecule has 0 amide bonds. The Labute approximate surface area is 447 Å². The van der Waals surface area contributed by atoms with Gasteiger partial charge < -0.3 is 9.47 Å². The van der Waals surface area contributed by atoms with Crippen molar-refractivity contribution in [2.45, 2.75) is 0 Å². The number of nitrogens with zero attached hydrogens (tertiary/aromatic N) is 2. The SMILES string of the molecule is [2H]c1c([2H])c([2H])c(-c2c([2H])c([2H])c(-c3c([2H])c([2H])c(N(c4c([2H])c([2H])c(-c5c([2H])c([2H])c([2H])c(-c6c([2H])c([2H])c([2H])c([2H])c6[2H])c5[2H])c([2H])c4[2H])c4c([2H])c([2H])c(-c5c([2H])c([2H])c6c(c5[2H])c5c([2H])c([2H])c([2H])c([2H])c5n6-c5c([2H])c([2H])c6c([2H])c([2H])c([2H])c([2H])c6c5[2H])c([2H])c4[2H])c([2H])c3[2H])c([2H])c2[2H])c([2H])c1[2H]. The summed E-state index contributed by atoms with van der Waals surface area (Å²) in [6.07, 6.45) is 0. The summed E-state index contributed by atoms with van der Waals surface area (Å²) in [5.41, 5.74) is -16.8. The Bertz CT molecular complexity index is 6160. The van der Waals surface area contributed by atoms with Crippen LogP contribution in [0.25, 0.3) is 93.9 Å². The Morgan fingerprint density at radius 2 is 0.652 bits per heavy atom. The van der Waals surface area contributed by atoms with Gasteiger partial charge in [0.05, 0.1) is 71.3 Å². The zero-order valence-corrected chi connectivity index (χ0v) is 32.9. The summed E-state index contributed by atoms with van der Waals surface area (Å²) in [6, 6.07) is -50.9. The second-order valence-corrected chi connectivity index (χ2v) is 13.5. The minimum Gasteiger partial charge on any atom is -0.311 e. The van der Waals surface area contributed by atoms with Gasteiger partial charge in [-0.25, -0.2) is 0 Å². The van der Waals surface area contributed by atoms with Crippen LogP contribution in [0.2, 0.25) is 0 Å². The van der Waals surface area contributed by atoms with Crippen LogP contribution in [-0.4, -0.2) is 4.57 Å². The molecule has 1 heterocycles. The fraction of sp³-hybridized carbons (Fsp3) is 0. The maximum absolute atomic E-state index is 9.95. The highest BCUT2D eigenvalue weighted by Crippen LogP contribution is 2.40. The van der Waals surface area contributed by atoms with Gasteiger partial charge in [0.15, 0.2) is 0 Å². The maximum atomic E-state index is 9.95. The number of rotatable bonds is 9. The summed E-state index contributed by atoms with van der Waals surface area (Å²) in [5.74, 6) is 0. The van der Waals surface area contributed by atoms with Crippen LogP contribution in [0.15, 0.2) is 266 Å². The molecule has 0 spiro atoms. The van der Waals surface area contributed by atoms with E-state index in [4.69, 9.17) is 30.2 Å². The van der Waals surface area contributed by atoms with E-state index in [1.54, 1.807) is 0 Å². The van der Waals surface area contributed by atoms with Crippen LogP contribution in [0.5, 0.6) is 0 Å².